The molecule has 8 heteroatoms. The van der Waals surface area contributed by atoms with E-state index in [9.17, 15) is 0 Å². The highest BCUT2D eigenvalue weighted by atomic mass is 16.6. The summed E-state index contributed by atoms with van der Waals surface area (Å²) in [6, 6.07) is 9.74. The summed E-state index contributed by atoms with van der Waals surface area (Å²) in [5.74, 6) is 4.29. The van der Waals surface area contributed by atoms with E-state index < -0.39 is 0 Å². The second-order valence-corrected chi connectivity index (χ2v) is 8.03. The van der Waals surface area contributed by atoms with E-state index in [2.05, 4.69) is 26.3 Å². The van der Waals surface area contributed by atoms with Gasteiger partial charge in [-0.3, -0.25) is 9.88 Å². The van der Waals surface area contributed by atoms with Gasteiger partial charge in [-0.2, -0.15) is 0 Å². The van der Waals surface area contributed by atoms with E-state index in [-0.39, 0.29) is 0 Å². The van der Waals surface area contributed by atoms with Crippen LogP contribution in [0, 0.1) is 0 Å². The lowest BCUT2D eigenvalue weighted by molar-refractivity contribution is 0.169. The zero-order chi connectivity index (χ0) is 21.8. The van der Waals surface area contributed by atoms with Gasteiger partial charge in [0.2, 0.25) is 0 Å². The molecular weight excluding hydrogens is 406 g/mol. The summed E-state index contributed by atoms with van der Waals surface area (Å²) >= 11 is 0. The van der Waals surface area contributed by atoms with E-state index in [1.807, 2.05) is 30.5 Å². The van der Waals surface area contributed by atoms with Crippen molar-refractivity contribution in [1.82, 2.24) is 19.9 Å². The van der Waals surface area contributed by atoms with Crippen molar-refractivity contribution in [3.8, 4) is 17.2 Å². The second-order valence-electron chi connectivity index (χ2n) is 8.03. The first kappa shape index (κ1) is 20.5. The predicted octanol–water partition coefficient (Wildman–Crippen LogP) is 3.77. The summed E-state index contributed by atoms with van der Waals surface area (Å²) in [7, 11) is 1.70. The standard InChI is InChI=1S/C24H27N5O3/c1-30-20-13-22-21(31-10-11-32-22)12-18(20)16-29-8-5-17(6-9-29)19-14-25-15-24(27-19)28-23-4-2-3-7-26-23/h2-4,7,12-15,17H,5-6,8-11,16H2,1H3,(H,26,27,28). The molecule has 4 heterocycles. The van der Waals surface area contributed by atoms with Gasteiger partial charge < -0.3 is 19.5 Å². The number of nitrogens with one attached hydrogen (secondary N) is 1. The monoisotopic (exact) mass is 433 g/mol. The number of hydrogen-bond acceptors (Lipinski definition) is 8. The Morgan fingerprint density at radius 3 is 2.62 bits per heavy atom. The Balaban J connectivity index is 1.22. The molecule has 2 aliphatic heterocycles. The minimum Gasteiger partial charge on any atom is -0.496 e. The first-order chi connectivity index (χ1) is 15.8. The predicted molar refractivity (Wildman–Crippen MR) is 121 cm³/mol. The van der Waals surface area contributed by atoms with Gasteiger partial charge in [0, 0.05) is 36.5 Å². The first-order valence-electron chi connectivity index (χ1n) is 11.0. The molecule has 0 aliphatic carbocycles. The van der Waals surface area contributed by atoms with Crippen molar-refractivity contribution in [3.63, 3.8) is 0 Å². The SMILES string of the molecule is COc1cc2c(cc1CN1CCC(c3cncc(Nc4ccccn4)n3)CC1)OCCO2. The lowest BCUT2D eigenvalue weighted by atomic mass is 9.93. The molecule has 8 nitrogen and oxygen atoms in total. The molecule has 1 N–H and O–H groups in total. The van der Waals surface area contributed by atoms with Crippen molar-refractivity contribution in [1.29, 1.82) is 0 Å². The van der Waals surface area contributed by atoms with E-state index in [0.29, 0.717) is 19.1 Å². The molecule has 0 spiro atoms. The van der Waals surface area contributed by atoms with E-state index in [4.69, 9.17) is 19.2 Å². The average Bonchev–Trinajstić information content (AvgIpc) is 2.85. The number of hydrogen-bond donors (Lipinski definition) is 1. The normalized spacial score (nSPS) is 16.5. The highest BCUT2D eigenvalue weighted by Gasteiger charge is 2.24. The number of ether oxygens (including phenoxy) is 3. The summed E-state index contributed by atoms with van der Waals surface area (Å²) in [6.07, 6.45) is 7.45. The zero-order valence-electron chi connectivity index (χ0n) is 18.2. The Hall–Kier alpha value is -3.39. The van der Waals surface area contributed by atoms with Crippen LogP contribution in [-0.2, 0) is 6.54 Å². The number of nitrogens with zero attached hydrogens (tertiary/aromatic N) is 4. The fourth-order valence-electron chi connectivity index (χ4n) is 4.26. The molecule has 0 saturated carbocycles. The van der Waals surface area contributed by atoms with Gasteiger partial charge in [0.1, 0.15) is 30.6 Å². The minimum absolute atomic E-state index is 0.395. The van der Waals surface area contributed by atoms with E-state index in [1.165, 1.54) is 0 Å². The van der Waals surface area contributed by atoms with E-state index in [1.54, 1.807) is 19.5 Å². The maximum Gasteiger partial charge on any atom is 0.165 e. The fraction of sp³-hybridized carbons (Fsp3) is 0.375. The molecule has 0 bridgehead atoms. The maximum atomic E-state index is 5.76. The summed E-state index contributed by atoms with van der Waals surface area (Å²) < 4.78 is 17.1. The van der Waals surface area contributed by atoms with Crippen molar-refractivity contribution >= 4 is 11.6 Å². The number of benzene rings is 1. The van der Waals surface area contributed by atoms with Crippen molar-refractivity contribution in [2.75, 3.05) is 38.7 Å². The molecule has 5 rings (SSSR count). The lowest BCUT2D eigenvalue weighted by Gasteiger charge is -2.32. The number of likely N-dealkylation sites (tertiary alicyclic amines) is 1. The molecule has 32 heavy (non-hydrogen) atoms. The topological polar surface area (TPSA) is 81.6 Å². The number of pyridine rings is 1. The Labute approximate surface area is 187 Å². The smallest absolute Gasteiger partial charge is 0.165 e. The van der Waals surface area contributed by atoms with Crippen LogP contribution in [0.1, 0.15) is 30.0 Å². The summed E-state index contributed by atoms with van der Waals surface area (Å²) in [5.41, 5.74) is 2.15. The molecule has 1 fully saturated rings. The molecule has 0 unspecified atom stereocenters. The van der Waals surface area contributed by atoms with Crippen molar-refractivity contribution in [2.45, 2.75) is 25.3 Å². The van der Waals surface area contributed by atoms with Gasteiger partial charge in [-0.05, 0) is 44.1 Å². The third kappa shape index (κ3) is 4.60. The van der Waals surface area contributed by atoms with Gasteiger partial charge >= 0.3 is 0 Å². The van der Waals surface area contributed by atoms with E-state index in [0.717, 1.165) is 72.6 Å². The third-order valence-electron chi connectivity index (χ3n) is 5.92. The van der Waals surface area contributed by atoms with Crippen LogP contribution in [0.4, 0.5) is 11.6 Å². The van der Waals surface area contributed by atoms with Gasteiger partial charge in [0.15, 0.2) is 11.5 Å². The van der Waals surface area contributed by atoms with Crippen LogP contribution in [0.15, 0.2) is 48.9 Å². The molecule has 1 saturated heterocycles. The molecule has 3 aromatic rings. The van der Waals surface area contributed by atoms with Gasteiger partial charge in [0.25, 0.3) is 0 Å². The van der Waals surface area contributed by atoms with Crippen LogP contribution < -0.4 is 19.5 Å². The van der Waals surface area contributed by atoms with Crippen LogP contribution in [0.5, 0.6) is 17.2 Å². The average molecular weight is 434 g/mol. The van der Waals surface area contributed by atoms with Crippen molar-refractivity contribution < 1.29 is 14.2 Å². The van der Waals surface area contributed by atoms with Gasteiger partial charge in [0.05, 0.1) is 19.0 Å². The number of aromatic nitrogens is 3. The molecule has 2 aliphatic rings. The van der Waals surface area contributed by atoms with Gasteiger partial charge in [-0.25, -0.2) is 9.97 Å². The number of methoxy groups -OCH3 is 1. The molecule has 0 radical (unpaired) electrons. The van der Waals surface area contributed by atoms with Crippen molar-refractivity contribution in [2.24, 2.45) is 0 Å². The number of fused-ring (bicyclic) bond motifs is 1. The van der Waals surface area contributed by atoms with Crippen molar-refractivity contribution in [3.05, 3.63) is 60.2 Å². The van der Waals surface area contributed by atoms with Gasteiger partial charge in [-0.1, -0.05) is 6.07 Å². The van der Waals surface area contributed by atoms with Crippen LogP contribution in [0.2, 0.25) is 0 Å². The second kappa shape index (κ2) is 9.40. The summed E-state index contributed by atoms with van der Waals surface area (Å²) in [4.78, 5) is 15.9. The molecule has 0 atom stereocenters. The Bertz CT molecular complexity index is 1050. The van der Waals surface area contributed by atoms with Gasteiger partial charge in [-0.15, -0.1) is 0 Å². The third-order valence-corrected chi connectivity index (χ3v) is 5.92. The molecule has 166 valence electrons. The quantitative estimate of drug-likeness (QED) is 0.629. The maximum absolute atomic E-state index is 5.76. The molecule has 0 amide bonds. The number of rotatable bonds is 6. The lowest BCUT2D eigenvalue weighted by Crippen LogP contribution is -2.33. The van der Waals surface area contributed by atoms with Crippen LogP contribution in [-0.4, -0.2) is 53.3 Å². The number of piperidine rings is 1. The zero-order valence-corrected chi connectivity index (χ0v) is 18.2. The highest BCUT2D eigenvalue weighted by Crippen LogP contribution is 2.38. The highest BCUT2D eigenvalue weighted by molar-refractivity contribution is 5.51. The Morgan fingerprint density at radius 1 is 1.06 bits per heavy atom. The van der Waals surface area contributed by atoms with E-state index >= 15 is 0 Å². The Morgan fingerprint density at radius 2 is 1.88 bits per heavy atom. The Kier molecular flexibility index (Phi) is 6.02. The minimum atomic E-state index is 0.395. The summed E-state index contributed by atoms with van der Waals surface area (Å²) in [6.45, 7) is 3.95. The largest absolute Gasteiger partial charge is 0.496 e. The summed E-state index contributed by atoms with van der Waals surface area (Å²) in [5, 5.41) is 3.23. The number of anilines is 2. The molecule has 1 aromatic carbocycles. The van der Waals surface area contributed by atoms with Crippen LogP contribution in [0.25, 0.3) is 0 Å². The van der Waals surface area contributed by atoms with Crippen LogP contribution in [0.3, 0.4) is 0 Å². The van der Waals surface area contributed by atoms with Crippen LogP contribution >= 0.6 is 0 Å². The fourth-order valence-corrected chi connectivity index (χ4v) is 4.26. The molecular formula is C24H27N5O3. The molecule has 2 aromatic heterocycles. The first-order valence-corrected chi connectivity index (χ1v) is 11.0.